The molecule has 232 valence electrons. The number of benzene rings is 2. The number of piperazine rings is 1. The van der Waals surface area contributed by atoms with Crippen LogP contribution in [0.15, 0.2) is 28.1 Å². The average Bonchev–Trinajstić information content (AvgIpc) is 3.64. The number of rotatable bonds is 7. The highest BCUT2D eigenvalue weighted by molar-refractivity contribution is 8.15. The first kappa shape index (κ1) is 30.9. The Morgan fingerprint density at radius 1 is 1.36 bits per heavy atom. The molecule has 0 spiro atoms. The minimum Gasteiger partial charge on any atom is -0.360 e. The number of hydrogen-bond donors (Lipinski definition) is 3. The molecule has 2 aromatic carbocycles. The fraction of sp³-hybridized carbons (Fsp3) is 0.452. The second kappa shape index (κ2) is 12.4. The summed E-state index contributed by atoms with van der Waals surface area (Å²) in [5.74, 6) is -0.901. The van der Waals surface area contributed by atoms with Crippen molar-refractivity contribution in [2.75, 3.05) is 51.4 Å². The standard InChI is InChI=1S/C31H33ClF3N7OS/c1-17-13-39-7-9-42(17)30(38-2)20-10-22(32)25(19-4-5-23(34)28-24(19)21(12-36)29(37)44-28)26(35)27(20)40-16-43-15-31-6-3-8-41(31)14-18(33)11-31/h4-5,10,17-18,37,39-40H,2-3,6-9,11,13-16H2,1H3/b25-19+,30-20+,37-29?/t17-,18?,31-/m0/s1. The van der Waals surface area contributed by atoms with Crippen LogP contribution in [-0.4, -0.2) is 85.4 Å². The van der Waals surface area contributed by atoms with Crippen LogP contribution in [-0.2, 0) is 4.74 Å². The number of alkyl halides is 1. The first-order chi connectivity index (χ1) is 21.2. The highest BCUT2D eigenvalue weighted by Crippen LogP contribution is 2.40. The van der Waals surface area contributed by atoms with E-state index in [1.807, 2.05) is 17.9 Å². The molecule has 8 nitrogen and oxygen atoms in total. The van der Waals surface area contributed by atoms with Gasteiger partial charge in [-0.2, -0.15) is 5.26 Å². The van der Waals surface area contributed by atoms with Gasteiger partial charge in [-0.15, -0.1) is 0 Å². The molecule has 0 radical (unpaired) electrons. The SMILES string of the molecule is C=N/C(=c1/cc(Cl)/c(=c2/ccc(F)c3c2=C(C#N)C(=N)S3)c(F)c1NCOC[C@@]12CCCN1CC(F)C2)N1CCNC[C@@H]1C. The van der Waals surface area contributed by atoms with Crippen LogP contribution < -0.4 is 21.1 Å². The molecule has 13 heteroatoms. The van der Waals surface area contributed by atoms with Crippen molar-refractivity contribution >= 4 is 52.2 Å². The van der Waals surface area contributed by atoms with Gasteiger partial charge < -0.3 is 20.3 Å². The quantitative estimate of drug-likeness (QED) is 0.241. The Morgan fingerprint density at radius 3 is 2.93 bits per heavy atom. The first-order valence-electron chi connectivity index (χ1n) is 14.6. The highest BCUT2D eigenvalue weighted by atomic mass is 35.5. The monoisotopic (exact) mass is 643 g/mol. The number of fused-ring (bicyclic) bond motifs is 2. The molecule has 3 atom stereocenters. The third-order valence-electron chi connectivity index (χ3n) is 9.04. The highest BCUT2D eigenvalue weighted by Gasteiger charge is 2.48. The maximum absolute atomic E-state index is 16.9. The molecule has 3 N–H and O–H groups in total. The third-order valence-corrected chi connectivity index (χ3v) is 10.3. The summed E-state index contributed by atoms with van der Waals surface area (Å²) in [4.78, 5) is 8.57. The molecular weight excluding hydrogens is 611 g/mol. The number of halogens is 4. The molecule has 3 saturated heterocycles. The van der Waals surface area contributed by atoms with Gasteiger partial charge in [-0.3, -0.25) is 10.3 Å². The van der Waals surface area contributed by atoms with Crippen LogP contribution in [0.1, 0.15) is 26.2 Å². The predicted molar refractivity (Wildman–Crippen MR) is 167 cm³/mol. The molecule has 0 aliphatic carbocycles. The van der Waals surface area contributed by atoms with Crippen molar-refractivity contribution in [2.45, 2.75) is 48.8 Å². The van der Waals surface area contributed by atoms with Crippen molar-refractivity contribution in [1.29, 1.82) is 10.7 Å². The summed E-state index contributed by atoms with van der Waals surface area (Å²) in [7, 11) is 0. The second-order valence-electron chi connectivity index (χ2n) is 11.7. The number of nitrogens with one attached hydrogen (secondary N) is 3. The lowest BCUT2D eigenvalue weighted by atomic mass is 9.95. The van der Waals surface area contributed by atoms with Gasteiger partial charge in [-0.1, -0.05) is 29.4 Å². The molecule has 6 rings (SSSR count). The Hall–Kier alpha value is -3.08. The van der Waals surface area contributed by atoms with Gasteiger partial charge in [0, 0.05) is 59.8 Å². The Labute approximate surface area is 262 Å². The number of ether oxygens (including phenoxy) is 1. The van der Waals surface area contributed by atoms with E-state index in [0.29, 0.717) is 50.2 Å². The summed E-state index contributed by atoms with van der Waals surface area (Å²) >= 11 is 7.63. The Balaban J connectivity index is 1.52. The van der Waals surface area contributed by atoms with Crippen LogP contribution in [0.4, 0.5) is 18.9 Å². The smallest absolute Gasteiger partial charge is 0.156 e. The molecular formula is C31H33ClF3N7OS. The van der Waals surface area contributed by atoms with E-state index in [4.69, 9.17) is 21.7 Å². The molecule has 0 aromatic heterocycles. The van der Waals surface area contributed by atoms with Crippen LogP contribution in [0.3, 0.4) is 0 Å². The molecule has 0 saturated carbocycles. The largest absolute Gasteiger partial charge is 0.360 e. The Morgan fingerprint density at radius 2 is 2.18 bits per heavy atom. The number of nitrogens with zero attached hydrogens (tertiary/aromatic N) is 4. The van der Waals surface area contributed by atoms with E-state index in [1.165, 1.54) is 12.1 Å². The first-order valence-corrected chi connectivity index (χ1v) is 15.8. The summed E-state index contributed by atoms with van der Waals surface area (Å²) in [6.07, 6.45) is 1.35. The maximum Gasteiger partial charge on any atom is 0.156 e. The molecule has 1 unspecified atom stereocenters. The minimum absolute atomic E-state index is 0.0304. The van der Waals surface area contributed by atoms with Gasteiger partial charge in [-0.05, 0) is 50.4 Å². The summed E-state index contributed by atoms with van der Waals surface area (Å²) < 4.78 is 52.1. The third kappa shape index (κ3) is 5.28. The van der Waals surface area contributed by atoms with E-state index in [2.05, 4.69) is 27.2 Å². The minimum atomic E-state index is -0.890. The van der Waals surface area contributed by atoms with E-state index < -0.39 is 17.8 Å². The average molecular weight is 644 g/mol. The van der Waals surface area contributed by atoms with Gasteiger partial charge in [0.2, 0.25) is 0 Å². The van der Waals surface area contributed by atoms with E-state index >= 15 is 4.39 Å². The van der Waals surface area contributed by atoms with Crippen molar-refractivity contribution in [3.8, 4) is 6.07 Å². The summed E-state index contributed by atoms with van der Waals surface area (Å²) in [6.45, 7) is 9.29. The van der Waals surface area contributed by atoms with Gasteiger partial charge in [0.1, 0.15) is 35.7 Å². The number of thioether (sulfide) groups is 1. The lowest BCUT2D eigenvalue weighted by Crippen LogP contribution is -2.49. The zero-order chi connectivity index (χ0) is 31.2. The summed E-state index contributed by atoms with van der Waals surface area (Å²) in [5.41, 5.74) is -0.343. The normalized spacial score (nSPS) is 26.4. The van der Waals surface area contributed by atoms with Crippen LogP contribution >= 0.6 is 23.4 Å². The van der Waals surface area contributed by atoms with Crippen LogP contribution in [0.5, 0.6) is 0 Å². The summed E-state index contributed by atoms with van der Waals surface area (Å²) in [5, 5.41) is 25.0. The van der Waals surface area contributed by atoms with Gasteiger partial charge in [0.05, 0.1) is 27.8 Å². The lowest BCUT2D eigenvalue weighted by Gasteiger charge is -2.36. The summed E-state index contributed by atoms with van der Waals surface area (Å²) in [6, 6.07) is 6.17. The van der Waals surface area contributed by atoms with Crippen molar-refractivity contribution < 1.29 is 17.9 Å². The topological polar surface area (TPSA) is 99.8 Å². The molecule has 4 aliphatic heterocycles. The van der Waals surface area contributed by atoms with Gasteiger partial charge in [0.15, 0.2) is 5.82 Å². The van der Waals surface area contributed by atoms with Crippen molar-refractivity contribution in [1.82, 2.24) is 15.1 Å². The molecule has 4 aliphatic rings. The maximum atomic E-state index is 16.9. The van der Waals surface area contributed by atoms with Gasteiger partial charge in [0.25, 0.3) is 0 Å². The van der Waals surface area contributed by atoms with E-state index in [-0.39, 0.29) is 60.2 Å². The van der Waals surface area contributed by atoms with Crippen molar-refractivity contribution in [2.24, 2.45) is 4.99 Å². The van der Waals surface area contributed by atoms with Crippen LogP contribution in [0.2, 0.25) is 5.02 Å². The van der Waals surface area contributed by atoms with E-state index in [1.54, 1.807) is 6.07 Å². The number of aliphatic imine (C=N–C) groups is 1. The molecule has 0 bridgehead atoms. The molecule has 2 aromatic rings. The molecule has 3 fully saturated rings. The van der Waals surface area contributed by atoms with Crippen LogP contribution in [0, 0.1) is 38.8 Å². The Kier molecular flexibility index (Phi) is 8.69. The van der Waals surface area contributed by atoms with E-state index in [0.717, 1.165) is 31.1 Å². The number of anilines is 1. The fourth-order valence-corrected chi connectivity index (χ4v) is 8.23. The van der Waals surface area contributed by atoms with Gasteiger partial charge in [-0.25, -0.2) is 18.2 Å². The molecule has 4 heterocycles. The van der Waals surface area contributed by atoms with E-state index in [9.17, 15) is 14.0 Å². The second-order valence-corrected chi connectivity index (χ2v) is 13.1. The zero-order valence-electron chi connectivity index (χ0n) is 24.3. The predicted octanol–water partition coefficient (Wildman–Crippen LogP) is 3.68. The van der Waals surface area contributed by atoms with Crippen molar-refractivity contribution in [3.05, 3.63) is 55.7 Å². The molecule has 0 amide bonds. The lowest BCUT2D eigenvalue weighted by molar-refractivity contribution is 0.0435. The van der Waals surface area contributed by atoms with Crippen molar-refractivity contribution in [3.63, 3.8) is 0 Å². The Bertz CT molecular complexity index is 1800. The number of nitriles is 1. The van der Waals surface area contributed by atoms with Crippen LogP contribution in [0.25, 0.3) is 11.4 Å². The fourth-order valence-electron chi connectivity index (χ4n) is 7.00. The van der Waals surface area contributed by atoms with Gasteiger partial charge >= 0.3 is 0 Å². The molecule has 44 heavy (non-hydrogen) atoms. The number of hydrogen-bond acceptors (Lipinski definition) is 9. The zero-order valence-corrected chi connectivity index (χ0v) is 25.9.